The molecule has 0 aliphatic carbocycles. The maximum atomic E-state index is 12.9. The number of nitrogens with zero attached hydrogens (tertiary/aromatic N) is 2. The molecule has 156 valence electrons. The summed E-state index contributed by atoms with van der Waals surface area (Å²) in [5, 5.41) is 11.0. The van der Waals surface area contributed by atoms with Gasteiger partial charge in [0.15, 0.2) is 0 Å². The summed E-state index contributed by atoms with van der Waals surface area (Å²) in [5.41, 5.74) is 0. The summed E-state index contributed by atoms with van der Waals surface area (Å²) >= 11 is 0. The third-order valence-corrected chi connectivity index (χ3v) is 6.26. The van der Waals surface area contributed by atoms with Crippen LogP contribution in [-0.4, -0.2) is 94.0 Å². The third-order valence-electron chi connectivity index (χ3n) is 4.78. The fraction of sp³-hybridized carbons (Fsp3) is 0.588. The smallest absolute Gasteiger partial charge is 0.404 e. The van der Waals surface area contributed by atoms with Gasteiger partial charge in [-0.15, -0.1) is 0 Å². The van der Waals surface area contributed by atoms with E-state index < -0.39 is 21.9 Å². The van der Waals surface area contributed by atoms with Crippen LogP contribution in [0.15, 0.2) is 29.2 Å². The fourth-order valence-electron chi connectivity index (χ4n) is 3.58. The van der Waals surface area contributed by atoms with Crippen LogP contribution in [0.5, 0.6) is 0 Å². The SMILES string of the molecule is O=C(O)NCCN1CC2CN(CCNS(=O)(=O)c3ccc(F)cc3)CC(C1)O2. The molecule has 0 radical (unpaired) electrons. The molecule has 1 aromatic carbocycles. The monoisotopic (exact) mass is 416 g/mol. The van der Waals surface area contributed by atoms with Crippen LogP contribution in [0.2, 0.25) is 0 Å². The van der Waals surface area contributed by atoms with E-state index in [1.807, 2.05) is 0 Å². The lowest BCUT2D eigenvalue weighted by Crippen LogP contribution is -2.60. The number of carbonyl (C=O) groups is 1. The molecule has 28 heavy (non-hydrogen) atoms. The standard InChI is InChI=1S/C17H25FN4O5S/c18-13-1-3-16(4-2-13)28(25,26)20-6-8-22-11-14-9-21(7-5-19-17(23)24)10-15(12-22)27-14/h1-4,14-15,19-20H,5-12H2,(H,23,24). The minimum atomic E-state index is -3.66. The van der Waals surface area contributed by atoms with Gasteiger partial charge in [0.2, 0.25) is 10.0 Å². The molecule has 2 unspecified atom stereocenters. The topological polar surface area (TPSA) is 111 Å². The first-order chi connectivity index (χ1) is 13.3. The molecule has 3 rings (SSSR count). The van der Waals surface area contributed by atoms with Crippen molar-refractivity contribution in [3.8, 4) is 0 Å². The van der Waals surface area contributed by atoms with Crippen LogP contribution in [0.3, 0.4) is 0 Å². The molecular weight excluding hydrogens is 391 g/mol. The molecule has 0 saturated carbocycles. The number of sulfonamides is 1. The van der Waals surface area contributed by atoms with Gasteiger partial charge in [-0.2, -0.15) is 0 Å². The third kappa shape index (κ3) is 5.85. The van der Waals surface area contributed by atoms with Gasteiger partial charge in [0, 0.05) is 52.4 Å². The van der Waals surface area contributed by atoms with E-state index in [1.54, 1.807) is 0 Å². The molecule has 2 aliphatic rings. The Balaban J connectivity index is 1.42. The number of fused-ring (bicyclic) bond motifs is 2. The van der Waals surface area contributed by atoms with Crippen molar-refractivity contribution < 1.29 is 27.4 Å². The number of carboxylic acid groups (broad SMARTS) is 1. The van der Waals surface area contributed by atoms with Gasteiger partial charge in [0.05, 0.1) is 17.1 Å². The van der Waals surface area contributed by atoms with E-state index >= 15 is 0 Å². The molecular formula is C17H25FN4O5S. The number of hydrogen-bond donors (Lipinski definition) is 3. The first-order valence-electron chi connectivity index (χ1n) is 9.14. The van der Waals surface area contributed by atoms with E-state index in [1.165, 1.54) is 12.1 Å². The summed E-state index contributed by atoms with van der Waals surface area (Å²) < 4.78 is 45.9. The Bertz CT molecular complexity index is 762. The summed E-state index contributed by atoms with van der Waals surface area (Å²) in [4.78, 5) is 14.9. The quantitative estimate of drug-likeness (QED) is 0.536. The lowest BCUT2D eigenvalue weighted by Gasteiger charge is -2.45. The second-order valence-corrected chi connectivity index (χ2v) is 8.75. The maximum Gasteiger partial charge on any atom is 0.404 e. The van der Waals surface area contributed by atoms with Crippen molar-refractivity contribution in [3.05, 3.63) is 30.1 Å². The minimum Gasteiger partial charge on any atom is -0.465 e. The molecule has 1 amide bonds. The van der Waals surface area contributed by atoms with Crippen LogP contribution in [-0.2, 0) is 14.8 Å². The van der Waals surface area contributed by atoms with Crippen molar-refractivity contribution in [3.63, 3.8) is 0 Å². The highest BCUT2D eigenvalue weighted by Gasteiger charge is 2.34. The Kier molecular flexibility index (Phi) is 6.83. The maximum absolute atomic E-state index is 12.9. The zero-order chi connectivity index (χ0) is 20.1. The number of amides is 1. The molecule has 0 spiro atoms. The molecule has 2 atom stereocenters. The Morgan fingerprint density at radius 2 is 1.61 bits per heavy atom. The summed E-state index contributed by atoms with van der Waals surface area (Å²) in [7, 11) is -3.66. The molecule has 0 aromatic heterocycles. The second-order valence-electron chi connectivity index (χ2n) is 6.98. The van der Waals surface area contributed by atoms with Gasteiger partial charge in [-0.05, 0) is 24.3 Å². The van der Waals surface area contributed by atoms with Crippen LogP contribution < -0.4 is 10.0 Å². The highest BCUT2D eigenvalue weighted by atomic mass is 32.2. The van der Waals surface area contributed by atoms with Crippen LogP contribution in [0.1, 0.15) is 0 Å². The highest BCUT2D eigenvalue weighted by Crippen LogP contribution is 2.18. The number of nitrogens with one attached hydrogen (secondary N) is 2. The van der Waals surface area contributed by atoms with Crippen LogP contribution in [0.25, 0.3) is 0 Å². The number of rotatable bonds is 8. The van der Waals surface area contributed by atoms with Gasteiger partial charge in [-0.3, -0.25) is 9.80 Å². The average molecular weight is 416 g/mol. The fourth-order valence-corrected chi connectivity index (χ4v) is 4.60. The zero-order valence-corrected chi connectivity index (χ0v) is 16.2. The molecule has 2 heterocycles. The Morgan fingerprint density at radius 1 is 1.07 bits per heavy atom. The van der Waals surface area contributed by atoms with Gasteiger partial charge in [0.1, 0.15) is 5.82 Å². The lowest BCUT2D eigenvalue weighted by atomic mass is 10.1. The molecule has 3 N–H and O–H groups in total. The molecule has 2 aliphatic heterocycles. The van der Waals surface area contributed by atoms with Crippen molar-refractivity contribution in [2.45, 2.75) is 17.1 Å². The van der Waals surface area contributed by atoms with E-state index in [0.717, 1.165) is 25.2 Å². The lowest BCUT2D eigenvalue weighted by molar-refractivity contribution is -0.137. The average Bonchev–Trinajstić information content (AvgIpc) is 2.61. The molecule has 2 bridgehead atoms. The number of ether oxygens (including phenoxy) is 1. The van der Waals surface area contributed by atoms with E-state index in [4.69, 9.17) is 9.84 Å². The van der Waals surface area contributed by atoms with Gasteiger partial charge in [0.25, 0.3) is 0 Å². The number of morpholine rings is 2. The zero-order valence-electron chi connectivity index (χ0n) is 15.4. The predicted molar refractivity (Wildman–Crippen MR) is 99.2 cm³/mol. The van der Waals surface area contributed by atoms with E-state index in [0.29, 0.717) is 32.7 Å². The number of hydrogen-bond acceptors (Lipinski definition) is 6. The van der Waals surface area contributed by atoms with Gasteiger partial charge in [-0.25, -0.2) is 22.3 Å². The Morgan fingerprint density at radius 3 is 2.14 bits per heavy atom. The van der Waals surface area contributed by atoms with E-state index in [2.05, 4.69) is 19.8 Å². The molecule has 2 fully saturated rings. The Hall–Kier alpha value is -1.79. The Labute approximate surface area is 163 Å². The number of halogens is 1. The van der Waals surface area contributed by atoms with E-state index in [9.17, 15) is 17.6 Å². The van der Waals surface area contributed by atoms with Gasteiger partial charge >= 0.3 is 6.09 Å². The summed E-state index contributed by atoms with van der Waals surface area (Å²) in [6.07, 6.45) is -0.986. The van der Waals surface area contributed by atoms with Crippen molar-refractivity contribution in [2.24, 2.45) is 0 Å². The number of benzene rings is 1. The first-order valence-corrected chi connectivity index (χ1v) is 10.6. The van der Waals surface area contributed by atoms with Crippen molar-refractivity contribution in [2.75, 3.05) is 52.4 Å². The molecule has 1 aromatic rings. The van der Waals surface area contributed by atoms with Crippen molar-refractivity contribution in [1.82, 2.24) is 19.8 Å². The second kappa shape index (κ2) is 9.14. The normalized spacial score (nSPS) is 23.5. The molecule has 11 heteroatoms. The van der Waals surface area contributed by atoms with Crippen LogP contribution >= 0.6 is 0 Å². The first kappa shape index (κ1) is 20.9. The summed E-state index contributed by atoms with van der Waals surface area (Å²) in [6, 6.07) is 4.72. The molecule has 9 nitrogen and oxygen atoms in total. The highest BCUT2D eigenvalue weighted by molar-refractivity contribution is 7.89. The molecule has 2 saturated heterocycles. The largest absolute Gasteiger partial charge is 0.465 e. The van der Waals surface area contributed by atoms with Gasteiger partial charge < -0.3 is 15.2 Å². The van der Waals surface area contributed by atoms with Crippen molar-refractivity contribution >= 4 is 16.1 Å². The van der Waals surface area contributed by atoms with Gasteiger partial charge in [-0.1, -0.05) is 0 Å². The summed E-state index contributed by atoms with van der Waals surface area (Å²) in [5.74, 6) is -0.480. The predicted octanol–water partition coefficient (Wildman–Crippen LogP) is -0.243. The minimum absolute atomic E-state index is 0.0195. The van der Waals surface area contributed by atoms with Crippen molar-refractivity contribution in [1.29, 1.82) is 0 Å². The van der Waals surface area contributed by atoms with Crippen LogP contribution in [0, 0.1) is 5.82 Å². The van der Waals surface area contributed by atoms with E-state index in [-0.39, 0.29) is 23.6 Å². The van der Waals surface area contributed by atoms with Crippen LogP contribution in [0.4, 0.5) is 9.18 Å². The summed E-state index contributed by atoms with van der Waals surface area (Å²) in [6.45, 7) is 4.65.